The van der Waals surface area contributed by atoms with E-state index in [1.54, 1.807) is 13.0 Å². The normalized spacial score (nSPS) is 12.2. The molecule has 0 radical (unpaired) electrons. The van der Waals surface area contributed by atoms with E-state index in [4.69, 9.17) is 16.3 Å². The van der Waals surface area contributed by atoms with Crippen molar-refractivity contribution in [1.29, 1.82) is 0 Å². The Morgan fingerprint density at radius 1 is 1.53 bits per heavy atom. The SMILES string of the molecule is CCNC(C(=O)OCC)c1ccc(Br)c(Cl)c1. The zero-order valence-electron chi connectivity index (χ0n) is 9.80. The fourth-order valence-corrected chi connectivity index (χ4v) is 1.89. The summed E-state index contributed by atoms with van der Waals surface area (Å²) in [4.78, 5) is 11.8. The number of likely N-dealkylation sites (N-methyl/N-ethyl adjacent to an activating group) is 1. The fraction of sp³-hybridized carbons (Fsp3) is 0.417. The zero-order chi connectivity index (χ0) is 12.8. The summed E-state index contributed by atoms with van der Waals surface area (Å²) in [5, 5.41) is 3.66. The van der Waals surface area contributed by atoms with Crippen molar-refractivity contribution in [3.63, 3.8) is 0 Å². The van der Waals surface area contributed by atoms with Crippen molar-refractivity contribution in [1.82, 2.24) is 5.32 Å². The molecule has 1 rings (SSSR count). The first-order valence-corrected chi connectivity index (χ1v) is 6.62. The molecule has 3 nitrogen and oxygen atoms in total. The van der Waals surface area contributed by atoms with E-state index in [-0.39, 0.29) is 5.97 Å². The van der Waals surface area contributed by atoms with E-state index >= 15 is 0 Å². The Morgan fingerprint density at radius 2 is 2.24 bits per heavy atom. The van der Waals surface area contributed by atoms with Crippen molar-refractivity contribution in [2.45, 2.75) is 19.9 Å². The summed E-state index contributed by atoms with van der Waals surface area (Å²) in [6.07, 6.45) is 0. The summed E-state index contributed by atoms with van der Waals surface area (Å²) in [6.45, 7) is 4.77. The number of benzene rings is 1. The number of carbonyl (C=O) groups is 1. The molecular weight excluding hydrogens is 305 g/mol. The topological polar surface area (TPSA) is 38.3 Å². The lowest BCUT2D eigenvalue weighted by Crippen LogP contribution is -2.30. The number of rotatable bonds is 5. The van der Waals surface area contributed by atoms with Gasteiger partial charge in [-0.3, -0.25) is 0 Å². The summed E-state index contributed by atoms with van der Waals surface area (Å²) < 4.78 is 5.83. The third kappa shape index (κ3) is 3.98. The molecule has 0 aliphatic rings. The molecule has 0 heterocycles. The highest BCUT2D eigenvalue weighted by Crippen LogP contribution is 2.26. The first kappa shape index (κ1) is 14.5. The Bertz CT molecular complexity index is 398. The molecule has 0 amide bonds. The number of esters is 1. The molecule has 0 saturated carbocycles. The van der Waals surface area contributed by atoms with Gasteiger partial charge in [0.2, 0.25) is 0 Å². The molecule has 0 saturated heterocycles. The van der Waals surface area contributed by atoms with Gasteiger partial charge in [0.15, 0.2) is 0 Å². The molecule has 94 valence electrons. The molecular formula is C12H15BrClNO2. The number of hydrogen-bond acceptors (Lipinski definition) is 3. The monoisotopic (exact) mass is 319 g/mol. The lowest BCUT2D eigenvalue weighted by Gasteiger charge is -2.17. The van der Waals surface area contributed by atoms with Crippen LogP contribution >= 0.6 is 27.5 Å². The first-order chi connectivity index (χ1) is 8.10. The van der Waals surface area contributed by atoms with E-state index in [0.29, 0.717) is 18.2 Å². The van der Waals surface area contributed by atoms with Crippen molar-refractivity contribution in [3.05, 3.63) is 33.3 Å². The molecule has 1 atom stereocenters. The second-order valence-corrected chi connectivity index (χ2v) is 4.68. The average molecular weight is 321 g/mol. The minimum atomic E-state index is -0.467. The van der Waals surface area contributed by atoms with E-state index in [9.17, 15) is 4.79 Å². The number of hydrogen-bond donors (Lipinski definition) is 1. The standard InChI is InChI=1S/C12H15BrClNO2/c1-3-15-11(12(16)17-4-2)8-5-6-9(13)10(14)7-8/h5-7,11,15H,3-4H2,1-2H3. The maximum absolute atomic E-state index is 11.8. The molecule has 5 heteroatoms. The van der Waals surface area contributed by atoms with Crippen molar-refractivity contribution in [2.75, 3.05) is 13.2 Å². The predicted molar refractivity (Wildman–Crippen MR) is 72.2 cm³/mol. The van der Waals surface area contributed by atoms with Gasteiger partial charge in [-0.15, -0.1) is 0 Å². The third-order valence-electron chi connectivity index (χ3n) is 2.21. The molecule has 1 aromatic carbocycles. The number of halogens is 2. The summed E-state index contributed by atoms with van der Waals surface area (Å²) in [6, 6.07) is 4.96. The van der Waals surface area contributed by atoms with Crippen LogP contribution in [-0.2, 0) is 9.53 Å². The highest BCUT2D eigenvalue weighted by Gasteiger charge is 2.21. The largest absolute Gasteiger partial charge is 0.465 e. The molecule has 1 unspecified atom stereocenters. The molecule has 0 fully saturated rings. The zero-order valence-corrected chi connectivity index (χ0v) is 12.1. The number of nitrogens with one attached hydrogen (secondary N) is 1. The number of ether oxygens (including phenoxy) is 1. The third-order valence-corrected chi connectivity index (χ3v) is 3.44. The Balaban J connectivity index is 2.96. The van der Waals surface area contributed by atoms with E-state index in [1.165, 1.54) is 0 Å². The van der Waals surface area contributed by atoms with Gasteiger partial charge in [0.1, 0.15) is 6.04 Å². The van der Waals surface area contributed by atoms with E-state index in [0.717, 1.165) is 10.0 Å². The molecule has 0 spiro atoms. The van der Waals surface area contributed by atoms with Gasteiger partial charge < -0.3 is 10.1 Å². The van der Waals surface area contributed by atoms with Gasteiger partial charge >= 0.3 is 5.97 Å². The van der Waals surface area contributed by atoms with Gasteiger partial charge in [-0.05, 0) is 47.1 Å². The molecule has 0 aromatic heterocycles. The average Bonchev–Trinajstić information content (AvgIpc) is 2.30. The molecule has 0 aliphatic carbocycles. The smallest absolute Gasteiger partial charge is 0.327 e. The van der Waals surface area contributed by atoms with Crippen LogP contribution in [0, 0.1) is 0 Å². The Labute approximate surface area is 115 Å². The summed E-state index contributed by atoms with van der Waals surface area (Å²) in [5.41, 5.74) is 0.804. The molecule has 1 N–H and O–H groups in total. The summed E-state index contributed by atoms with van der Waals surface area (Å²) >= 11 is 9.33. The van der Waals surface area contributed by atoms with Crippen LogP contribution in [0.3, 0.4) is 0 Å². The van der Waals surface area contributed by atoms with Crippen LogP contribution in [-0.4, -0.2) is 19.1 Å². The van der Waals surface area contributed by atoms with Gasteiger partial charge in [0, 0.05) is 4.47 Å². The number of carbonyl (C=O) groups excluding carboxylic acids is 1. The lowest BCUT2D eigenvalue weighted by atomic mass is 10.1. The van der Waals surface area contributed by atoms with Crippen LogP contribution in [0.4, 0.5) is 0 Å². The van der Waals surface area contributed by atoms with Crippen molar-refractivity contribution < 1.29 is 9.53 Å². The van der Waals surface area contributed by atoms with Gasteiger partial charge in [-0.25, -0.2) is 4.79 Å². The highest BCUT2D eigenvalue weighted by molar-refractivity contribution is 9.10. The van der Waals surface area contributed by atoms with Gasteiger partial charge in [-0.2, -0.15) is 0 Å². The molecule has 17 heavy (non-hydrogen) atoms. The second kappa shape index (κ2) is 6.99. The van der Waals surface area contributed by atoms with Crippen LogP contribution in [0.15, 0.2) is 22.7 Å². The van der Waals surface area contributed by atoms with E-state index in [1.807, 2.05) is 19.1 Å². The van der Waals surface area contributed by atoms with Crippen molar-refractivity contribution in [3.8, 4) is 0 Å². The van der Waals surface area contributed by atoms with Crippen molar-refractivity contribution in [2.24, 2.45) is 0 Å². The predicted octanol–water partition coefficient (Wildman–Crippen LogP) is 3.32. The fourth-order valence-electron chi connectivity index (χ4n) is 1.46. The molecule has 1 aromatic rings. The lowest BCUT2D eigenvalue weighted by molar-refractivity contribution is -0.145. The van der Waals surface area contributed by atoms with Gasteiger partial charge in [0.25, 0.3) is 0 Å². The second-order valence-electron chi connectivity index (χ2n) is 3.42. The van der Waals surface area contributed by atoms with Crippen LogP contribution < -0.4 is 5.32 Å². The minimum Gasteiger partial charge on any atom is -0.465 e. The van der Waals surface area contributed by atoms with Crippen molar-refractivity contribution >= 4 is 33.5 Å². The highest BCUT2D eigenvalue weighted by atomic mass is 79.9. The van der Waals surface area contributed by atoms with Gasteiger partial charge in [-0.1, -0.05) is 24.6 Å². The van der Waals surface area contributed by atoms with E-state index < -0.39 is 6.04 Å². The Hall–Kier alpha value is -0.580. The van der Waals surface area contributed by atoms with Crippen LogP contribution in [0.2, 0.25) is 5.02 Å². The summed E-state index contributed by atoms with van der Waals surface area (Å²) in [5.74, 6) is -0.285. The van der Waals surface area contributed by atoms with Crippen LogP contribution in [0.25, 0.3) is 0 Å². The summed E-state index contributed by atoms with van der Waals surface area (Å²) in [7, 11) is 0. The Morgan fingerprint density at radius 3 is 2.76 bits per heavy atom. The maximum atomic E-state index is 11.8. The quantitative estimate of drug-likeness (QED) is 0.846. The van der Waals surface area contributed by atoms with Gasteiger partial charge in [0.05, 0.1) is 11.6 Å². The first-order valence-electron chi connectivity index (χ1n) is 5.45. The molecule has 0 bridgehead atoms. The van der Waals surface area contributed by atoms with Crippen LogP contribution in [0.1, 0.15) is 25.5 Å². The Kier molecular flexibility index (Phi) is 5.95. The van der Waals surface area contributed by atoms with Crippen LogP contribution in [0.5, 0.6) is 0 Å². The van der Waals surface area contributed by atoms with E-state index in [2.05, 4.69) is 21.2 Å². The maximum Gasteiger partial charge on any atom is 0.327 e. The molecule has 0 aliphatic heterocycles. The minimum absolute atomic E-state index is 0.285.